The van der Waals surface area contributed by atoms with E-state index in [1.165, 1.54) is 37.0 Å². The summed E-state index contributed by atoms with van der Waals surface area (Å²) >= 11 is 4.90. The van der Waals surface area contributed by atoms with Crippen molar-refractivity contribution in [1.82, 2.24) is 5.32 Å². The Kier molecular flexibility index (Phi) is 3.98. The van der Waals surface area contributed by atoms with Gasteiger partial charge in [0.2, 0.25) is 0 Å². The Morgan fingerprint density at radius 1 is 1.40 bits per heavy atom. The van der Waals surface area contributed by atoms with Gasteiger partial charge in [-0.1, -0.05) is 28.8 Å². The molecular formula is C15H17BrN2OS. The van der Waals surface area contributed by atoms with E-state index in [0.717, 1.165) is 21.1 Å². The van der Waals surface area contributed by atoms with E-state index in [4.69, 9.17) is 5.73 Å². The SMILES string of the molecule is Nc1c(C(=O)NCC2CCCC2)sc2ccc(Br)cc12. The summed E-state index contributed by atoms with van der Waals surface area (Å²) in [5.41, 5.74) is 6.71. The third kappa shape index (κ3) is 2.69. The zero-order valence-electron chi connectivity index (χ0n) is 11.1. The van der Waals surface area contributed by atoms with Crippen LogP contribution in [0.3, 0.4) is 0 Å². The number of anilines is 1. The van der Waals surface area contributed by atoms with Gasteiger partial charge in [0.15, 0.2) is 0 Å². The smallest absolute Gasteiger partial charge is 0.263 e. The predicted molar refractivity (Wildman–Crippen MR) is 88.2 cm³/mol. The van der Waals surface area contributed by atoms with Crippen LogP contribution in [0.4, 0.5) is 5.69 Å². The van der Waals surface area contributed by atoms with Gasteiger partial charge in [-0.3, -0.25) is 4.79 Å². The summed E-state index contributed by atoms with van der Waals surface area (Å²) in [7, 11) is 0. The molecule has 0 spiro atoms. The second-order valence-electron chi connectivity index (χ2n) is 5.35. The quantitative estimate of drug-likeness (QED) is 0.870. The Morgan fingerprint density at radius 3 is 2.90 bits per heavy atom. The van der Waals surface area contributed by atoms with Crippen molar-refractivity contribution in [2.75, 3.05) is 12.3 Å². The number of nitrogen functional groups attached to an aromatic ring is 1. The molecule has 1 aromatic heterocycles. The number of amides is 1. The number of nitrogens with two attached hydrogens (primary N) is 1. The Morgan fingerprint density at radius 2 is 2.15 bits per heavy atom. The fourth-order valence-corrected chi connectivity index (χ4v) is 4.17. The van der Waals surface area contributed by atoms with Crippen LogP contribution in [0.25, 0.3) is 10.1 Å². The van der Waals surface area contributed by atoms with Gasteiger partial charge in [0.25, 0.3) is 5.91 Å². The number of benzene rings is 1. The third-order valence-corrected chi connectivity index (χ3v) is 5.60. The van der Waals surface area contributed by atoms with Gasteiger partial charge in [-0.25, -0.2) is 0 Å². The van der Waals surface area contributed by atoms with Gasteiger partial charge in [-0.05, 0) is 37.0 Å². The Balaban J connectivity index is 1.78. The third-order valence-electron chi connectivity index (χ3n) is 3.92. The zero-order valence-corrected chi connectivity index (χ0v) is 13.5. The van der Waals surface area contributed by atoms with Gasteiger partial charge in [0.1, 0.15) is 4.88 Å². The van der Waals surface area contributed by atoms with Crippen molar-refractivity contribution in [1.29, 1.82) is 0 Å². The van der Waals surface area contributed by atoms with Crippen molar-refractivity contribution in [3.63, 3.8) is 0 Å². The molecule has 0 unspecified atom stereocenters. The summed E-state index contributed by atoms with van der Waals surface area (Å²) in [5.74, 6) is 0.607. The highest BCUT2D eigenvalue weighted by molar-refractivity contribution is 9.10. The van der Waals surface area contributed by atoms with Crippen molar-refractivity contribution in [3.05, 3.63) is 27.5 Å². The minimum absolute atomic E-state index is 0.0354. The average molecular weight is 353 g/mol. The molecule has 1 aliphatic carbocycles. The lowest BCUT2D eigenvalue weighted by atomic mass is 10.1. The molecule has 0 radical (unpaired) electrons. The summed E-state index contributed by atoms with van der Waals surface area (Å²) in [6, 6.07) is 5.93. The molecular weight excluding hydrogens is 336 g/mol. The summed E-state index contributed by atoms with van der Waals surface area (Å²) in [5, 5.41) is 3.99. The number of halogens is 1. The van der Waals surface area contributed by atoms with Crippen LogP contribution in [-0.2, 0) is 0 Å². The van der Waals surface area contributed by atoms with E-state index in [2.05, 4.69) is 21.2 Å². The van der Waals surface area contributed by atoms with E-state index < -0.39 is 0 Å². The van der Waals surface area contributed by atoms with E-state index in [1.54, 1.807) is 0 Å². The number of carbonyl (C=O) groups excluding carboxylic acids is 1. The molecule has 1 saturated carbocycles. The largest absolute Gasteiger partial charge is 0.397 e. The molecule has 0 atom stereocenters. The zero-order chi connectivity index (χ0) is 14.1. The first kappa shape index (κ1) is 13.9. The lowest BCUT2D eigenvalue weighted by molar-refractivity contribution is 0.0952. The van der Waals surface area contributed by atoms with E-state index in [9.17, 15) is 4.79 Å². The molecule has 1 aromatic carbocycles. The summed E-state index contributed by atoms with van der Waals surface area (Å²) < 4.78 is 2.03. The molecule has 0 bridgehead atoms. The molecule has 106 valence electrons. The number of hydrogen-bond donors (Lipinski definition) is 2. The minimum Gasteiger partial charge on any atom is -0.397 e. The van der Waals surface area contributed by atoms with Crippen LogP contribution in [0.2, 0.25) is 0 Å². The number of hydrogen-bond acceptors (Lipinski definition) is 3. The van der Waals surface area contributed by atoms with E-state index in [0.29, 0.717) is 16.5 Å². The molecule has 1 aliphatic rings. The van der Waals surface area contributed by atoms with Crippen LogP contribution in [0.15, 0.2) is 22.7 Å². The van der Waals surface area contributed by atoms with Gasteiger partial charge in [0.05, 0.1) is 5.69 Å². The molecule has 1 amide bonds. The summed E-state index contributed by atoms with van der Waals surface area (Å²) in [6.45, 7) is 0.774. The average Bonchev–Trinajstić information content (AvgIpc) is 3.05. The summed E-state index contributed by atoms with van der Waals surface area (Å²) in [4.78, 5) is 12.9. The maximum atomic E-state index is 12.3. The first-order valence-corrected chi connectivity index (χ1v) is 8.52. The van der Waals surface area contributed by atoms with Crippen LogP contribution in [0.1, 0.15) is 35.4 Å². The monoisotopic (exact) mass is 352 g/mol. The predicted octanol–water partition coefficient (Wildman–Crippen LogP) is 4.17. The molecule has 3 nitrogen and oxygen atoms in total. The lowest BCUT2D eigenvalue weighted by Gasteiger charge is -2.09. The highest BCUT2D eigenvalue weighted by Crippen LogP contribution is 2.35. The lowest BCUT2D eigenvalue weighted by Crippen LogP contribution is -2.28. The molecule has 5 heteroatoms. The standard InChI is InChI=1S/C15H17BrN2OS/c16-10-5-6-12-11(7-10)13(17)14(20-12)15(19)18-8-9-3-1-2-4-9/h5-7,9H,1-4,8,17H2,(H,18,19). The van der Waals surface area contributed by atoms with Gasteiger partial charge in [-0.2, -0.15) is 0 Å². The van der Waals surface area contributed by atoms with E-state index >= 15 is 0 Å². The fraction of sp³-hybridized carbons (Fsp3) is 0.400. The van der Waals surface area contributed by atoms with Gasteiger partial charge >= 0.3 is 0 Å². The molecule has 0 saturated heterocycles. The molecule has 3 N–H and O–H groups in total. The normalized spacial score (nSPS) is 15.8. The van der Waals surface area contributed by atoms with Crippen LogP contribution < -0.4 is 11.1 Å². The number of thiophene rings is 1. The van der Waals surface area contributed by atoms with Crippen LogP contribution >= 0.6 is 27.3 Å². The first-order valence-electron chi connectivity index (χ1n) is 6.91. The minimum atomic E-state index is -0.0354. The van der Waals surface area contributed by atoms with Crippen molar-refractivity contribution in [2.45, 2.75) is 25.7 Å². The van der Waals surface area contributed by atoms with Crippen molar-refractivity contribution in [2.24, 2.45) is 5.92 Å². The summed E-state index contributed by atoms with van der Waals surface area (Å²) in [6.07, 6.45) is 5.05. The van der Waals surface area contributed by atoms with Crippen molar-refractivity contribution < 1.29 is 4.79 Å². The second kappa shape index (κ2) is 5.74. The maximum absolute atomic E-state index is 12.3. The molecule has 0 aliphatic heterocycles. The van der Waals surface area contributed by atoms with Crippen LogP contribution in [-0.4, -0.2) is 12.5 Å². The van der Waals surface area contributed by atoms with Gasteiger partial charge in [-0.15, -0.1) is 11.3 Å². The molecule has 2 aromatic rings. The number of nitrogens with one attached hydrogen (secondary N) is 1. The highest BCUT2D eigenvalue weighted by atomic mass is 79.9. The molecule has 20 heavy (non-hydrogen) atoms. The van der Waals surface area contributed by atoms with E-state index in [1.807, 2.05) is 18.2 Å². The Bertz CT molecular complexity index is 647. The Labute approximate surface area is 130 Å². The number of fused-ring (bicyclic) bond motifs is 1. The number of carbonyl (C=O) groups is 1. The van der Waals surface area contributed by atoms with Gasteiger partial charge in [0, 0.05) is 21.1 Å². The Hall–Kier alpha value is -1.07. The van der Waals surface area contributed by atoms with Crippen LogP contribution in [0, 0.1) is 5.92 Å². The fourth-order valence-electron chi connectivity index (χ4n) is 2.79. The molecule has 3 rings (SSSR count). The maximum Gasteiger partial charge on any atom is 0.263 e. The highest BCUT2D eigenvalue weighted by Gasteiger charge is 2.19. The van der Waals surface area contributed by atoms with Crippen molar-refractivity contribution >= 4 is 48.9 Å². The van der Waals surface area contributed by atoms with Gasteiger partial charge < -0.3 is 11.1 Å². The van der Waals surface area contributed by atoms with E-state index in [-0.39, 0.29) is 5.91 Å². The van der Waals surface area contributed by atoms with Crippen LogP contribution in [0.5, 0.6) is 0 Å². The van der Waals surface area contributed by atoms with Crippen molar-refractivity contribution in [3.8, 4) is 0 Å². The first-order chi connectivity index (χ1) is 9.65. The topological polar surface area (TPSA) is 55.1 Å². The number of rotatable bonds is 3. The second-order valence-corrected chi connectivity index (χ2v) is 7.31. The molecule has 1 heterocycles. The molecule has 1 fully saturated rings.